The minimum absolute atomic E-state index is 0.0979. The number of alkyl halides is 3. The number of rotatable bonds is 1. The Balaban J connectivity index is 1.87. The number of ketones is 1. The normalized spacial score (nSPS) is 21.9. The first-order valence-electron chi connectivity index (χ1n) is 6.63. The van der Waals surface area contributed by atoms with E-state index in [1.54, 1.807) is 6.08 Å². The summed E-state index contributed by atoms with van der Waals surface area (Å²) in [5, 5.41) is 0. The number of hydrogen-bond donors (Lipinski definition) is 0. The molecule has 3 fully saturated rings. The molecular weight excluding hydrogens is 267 g/mol. The number of halogens is 3. The number of hydrogen-bond acceptors (Lipinski definition) is 2. The van der Waals surface area contributed by atoms with Crippen molar-refractivity contribution in [2.24, 2.45) is 5.92 Å². The number of nitrogens with zero attached hydrogens (tertiary/aromatic N) is 1. The Bertz CT molecular complexity index is 551. The summed E-state index contributed by atoms with van der Waals surface area (Å²) in [7, 11) is 0. The molecular formula is C15H14F3NO. The van der Waals surface area contributed by atoms with E-state index >= 15 is 0 Å². The van der Waals surface area contributed by atoms with Crippen LogP contribution < -0.4 is 0 Å². The number of benzene rings is 1. The van der Waals surface area contributed by atoms with Crippen LogP contribution in [0, 0.1) is 5.92 Å². The van der Waals surface area contributed by atoms with Crippen molar-refractivity contribution in [3.8, 4) is 0 Å². The second kappa shape index (κ2) is 4.65. The van der Waals surface area contributed by atoms with Gasteiger partial charge in [0.2, 0.25) is 0 Å². The van der Waals surface area contributed by atoms with Crippen molar-refractivity contribution in [1.29, 1.82) is 0 Å². The third-order valence-corrected chi connectivity index (χ3v) is 4.00. The maximum atomic E-state index is 12.5. The van der Waals surface area contributed by atoms with Crippen LogP contribution in [0.5, 0.6) is 0 Å². The summed E-state index contributed by atoms with van der Waals surface area (Å²) >= 11 is 0. The minimum Gasteiger partial charge on any atom is -0.369 e. The molecule has 1 aromatic rings. The largest absolute Gasteiger partial charge is 0.416 e. The highest BCUT2D eigenvalue weighted by Gasteiger charge is 2.36. The Hall–Kier alpha value is -1.78. The summed E-state index contributed by atoms with van der Waals surface area (Å²) in [6.45, 7) is 1.73. The quantitative estimate of drug-likeness (QED) is 0.736. The molecule has 0 amide bonds. The van der Waals surface area contributed by atoms with Gasteiger partial charge >= 0.3 is 6.18 Å². The zero-order valence-electron chi connectivity index (χ0n) is 10.8. The maximum absolute atomic E-state index is 12.5. The second-order valence-corrected chi connectivity index (χ2v) is 5.27. The summed E-state index contributed by atoms with van der Waals surface area (Å²) in [6, 6.07) is 4.92. The highest BCUT2D eigenvalue weighted by molar-refractivity contribution is 6.01. The molecule has 0 aromatic heterocycles. The van der Waals surface area contributed by atoms with E-state index in [-0.39, 0.29) is 11.7 Å². The van der Waals surface area contributed by atoms with Gasteiger partial charge in [0, 0.05) is 19.0 Å². The van der Waals surface area contributed by atoms with Gasteiger partial charge in [-0.15, -0.1) is 0 Å². The van der Waals surface area contributed by atoms with Gasteiger partial charge in [-0.3, -0.25) is 4.79 Å². The third-order valence-electron chi connectivity index (χ3n) is 4.00. The average Bonchev–Trinajstić information content (AvgIpc) is 2.43. The van der Waals surface area contributed by atoms with Crippen LogP contribution in [0.25, 0.3) is 6.08 Å². The fourth-order valence-corrected chi connectivity index (χ4v) is 2.84. The first-order chi connectivity index (χ1) is 9.45. The van der Waals surface area contributed by atoms with Gasteiger partial charge in [0.1, 0.15) is 0 Å². The van der Waals surface area contributed by atoms with E-state index in [0.717, 1.165) is 38.1 Å². The van der Waals surface area contributed by atoms with Gasteiger partial charge in [0.05, 0.1) is 11.3 Å². The minimum atomic E-state index is -4.32. The lowest BCUT2D eigenvalue weighted by atomic mass is 9.84. The van der Waals surface area contributed by atoms with Crippen molar-refractivity contribution in [2.75, 3.05) is 13.1 Å². The molecule has 0 spiro atoms. The molecule has 20 heavy (non-hydrogen) atoms. The zero-order chi connectivity index (χ0) is 14.3. The summed E-state index contributed by atoms with van der Waals surface area (Å²) in [4.78, 5) is 14.2. The van der Waals surface area contributed by atoms with E-state index < -0.39 is 11.7 Å². The predicted octanol–water partition coefficient (Wildman–Crippen LogP) is 3.34. The molecule has 5 heteroatoms. The van der Waals surface area contributed by atoms with Crippen LogP contribution in [0.3, 0.4) is 0 Å². The van der Waals surface area contributed by atoms with Crippen molar-refractivity contribution in [3.05, 3.63) is 41.1 Å². The lowest BCUT2D eigenvalue weighted by molar-refractivity contribution is -0.137. The number of Topliss-reactive ketones (excluding diaryl/α,β-unsaturated/α-hetero) is 1. The summed E-state index contributed by atoms with van der Waals surface area (Å²) < 4.78 is 37.5. The highest BCUT2D eigenvalue weighted by atomic mass is 19.4. The molecule has 3 aliphatic heterocycles. The van der Waals surface area contributed by atoms with Crippen molar-refractivity contribution in [1.82, 2.24) is 4.90 Å². The van der Waals surface area contributed by atoms with E-state index in [4.69, 9.17) is 0 Å². The van der Waals surface area contributed by atoms with Crippen LogP contribution in [-0.2, 0) is 11.0 Å². The molecule has 0 saturated carbocycles. The van der Waals surface area contributed by atoms with Gasteiger partial charge < -0.3 is 4.90 Å². The number of carbonyl (C=O) groups is 1. The molecule has 106 valence electrons. The Kier molecular flexibility index (Phi) is 3.07. The predicted molar refractivity (Wildman–Crippen MR) is 68.7 cm³/mol. The molecule has 0 atom stereocenters. The molecule has 2 nitrogen and oxygen atoms in total. The van der Waals surface area contributed by atoms with E-state index in [9.17, 15) is 18.0 Å². The van der Waals surface area contributed by atoms with Gasteiger partial charge in [-0.2, -0.15) is 13.2 Å². The second-order valence-electron chi connectivity index (χ2n) is 5.27. The van der Waals surface area contributed by atoms with Crippen LogP contribution in [0.15, 0.2) is 30.0 Å². The molecule has 0 aliphatic carbocycles. The molecule has 3 heterocycles. The molecule has 4 rings (SSSR count). The lowest BCUT2D eigenvalue weighted by Crippen LogP contribution is -2.45. The molecule has 0 unspecified atom stereocenters. The van der Waals surface area contributed by atoms with Gasteiger partial charge in [-0.25, -0.2) is 0 Å². The Morgan fingerprint density at radius 1 is 1.10 bits per heavy atom. The van der Waals surface area contributed by atoms with Crippen LogP contribution in [-0.4, -0.2) is 23.8 Å². The molecule has 0 N–H and O–H groups in total. The number of allylic oxidation sites excluding steroid dienone is 1. The fraction of sp³-hybridized carbons (Fsp3) is 0.400. The number of fused-ring (bicyclic) bond motifs is 3. The summed E-state index contributed by atoms with van der Waals surface area (Å²) in [6.07, 6.45) is -0.838. The number of carbonyl (C=O) groups excluding carboxylic acids is 1. The average molecular weight is 281 g/mol. The van der Waals surface area contributed by atoms with Crippen molar-refractivity contribution in [3.63, 3.8) is 0 Å². The van der Waals surface area contributed by atoms with E-state index in [1.807, 2.05) is 4.90 Å². The van der Waals surface area contributed by atoms with Gasteiger partial charge in [0.15, 0.2) is 5.78 Å². The Morgan fingerprint density at radius 3 is 2.20 bits per heavy atom. The van der Waals surface area contributed by atoms with Gasteiger partial charge in [-0.05, 0) is 36.6 Å². The first-order valence-corrected chi connectivity index (χ1v) is 6.63. The van der Waals surface area contributed by atoms with Gasteiger partial charge in [-0.1, -0.05) is 12.1 Å². The molecule has 3 aliphatic rings. The van der Waals surface area contributed by atoms with Gasteiger partial charge in [0.25, 0.3) is 0 Å². The monoisotopic (exact) mass is 281 g/mol. The standard InChI is InChI=1S/C15H14F3NO/c16-15(17,18)12-3-1-10(2-4-12)9-13-14(20)11-5-7-19(13)8-6-11/h1-4,9,11H,5-8H2/b13-9+. The molecule has 0 radical (unpaired) electrons. The van der Waals surface area contributed by atoms with Crippen LogP contribution in [0.1, 0.15) is 24.0 Å². The lowest BCUT2D eigenvalue weighted by Gasteiger charge is -2.41. The van der Waals surface area contributed by atoms with Crippen molar-refractivity contribution >= 4 is 11.9 Å². The Morgan fingerprint density at radius 2 is 1.70 bits per heavy atom. The SMILES string of the molecule is O=C1/C(=C\c2ccc(C(F)(F)F)cc2)N2CCC1CC2. The summed E-state index contributed by atoms with van der Waals surface area (Å²) in [5.41, 5.74) is 0.609. The van der Waals surface area contributed by atoms with E-state index in [2.05, 4.69) is 0 Å². The smallest absolute Gasteiger partial charge is 0.369 e. The molecule has 2 bridgehead atoms. The third kappa shape index (κ3) is 2.32. The van der Waals surface area contributed by atoms with Crippen molar-refractivity contribution in [2.45, 2.75) is 19.0 Å². The highest BCUT2D eigenvalue weighted by Crippen LogP contribution is 2.33. The summed E-state index contributed by atoms with van der Waals surface area (Å²) in [5.74, 6) is 0.225. The zero-order valence-corrected chi connectivity index (χ0v) is 10.8. The van der Waals surface area contributed by atoms with Crippen LogP contribution in [0.2, 0.25) is 0 Å². The van der Waals surface area contributed by atoms with Crippen LogP contribution >= 0.6 is 0 Å². The topological polar surface area (TPSA) is 20.3 Å². The van der Waals surface area contributed by atoms with Crippen molar-refractivity contribution < 1.29 is 18.0 Å². The first kappa shape index (κ1) is 13.2. The maximum Gasteiger partial charge on any atom is 0.416 e. The Labute approximate surface area is 114 Å². The molecule has 1 aromatic carbocycles. The van der Waals surface area contributed by atoms with Crippen LogP contribution in [0.4, 0.5) is 13.2 Å². The fourth-order valence-electron chi connectivity index (χ4n) is 2.84. The van der Waals surface area contributed by atoms with E-state index in [0.29, 0.717) is 11.3 Å². The molecule has 3 saturated heterocycles. The number of piperidine rings is 3. The van der Waals surface area contributed by atoms with E-state index in [1.165, 1.54) is 12.1 Å².